The number of para-hydroxylation sites is 2. The van der Waals surface area contributed by atoms with E-state index in [0.717, 1.165) is 29.6 Å². The molecule has 0 amide bonds. The Bertz CT molecular complexity index is 454. The van der Waals surface area contributed by atoms with E-state index in [0.29, 0.717) is 18.4 Å². The van der Waals surface area contributed by atoms with Crippen molar-refractivity contribution in [3.05, 3.63) is 24.3 Å². The summed E-state index contributed by atoms with van der Waals surface area (Å²) in [5, 5.41) is 4.14. The summed E-state index contributed by atoms with van der Waals surface area (Å²) in [7, 11) is 0. The van der Waals surface area contributed by atoms with Gasteiger partial charge in [0.1, 0.15) is 5.75 Å². The molecule has 0 aliphatic carbocycles. The number of hydrogen-bond acceptors (Lipinski definition) is 2. The van der Waals surface area contributed by atoms with Gasteiger partial charge in [-0.25, -0.2) is 0 Å². The first-order chi connectivity index (χ1) is 9.60. The quantitative estimate of drug-likeness (QED) is 0.857. The van der Waals surface area contributed by atoms with Crippen molar-refractivity contribution in [2.75, 3.05) is 25.0 Å². The van der Waals surface area contributed by atoms with E-state index in [1.165, 1.54) is 6.42 Å². The van der Waals surface area contributed by atoms with Gasteiger partial charge in [-0.15, -0.1) is 0 Å². The Kier molecular flexibility index (Phi) is 5.24. The van der Waals surface area contributed by atoms with Crippen LogP contribution in [-0.4, -0.2) is 29.7 Å². The summed E-state index contributed by atoms with van der Waals surface area (Å²) in [5.74, 6) is 2.25. The fourth-order valence-corrected chi connectivity index (χ4v) is 3.13. The fraction of sp³-hybridized carbons (Fsp3) is 0.562. The van der Waals surface area contributed by atoms with Crippen molar-refractivity contribution in [3.8, 4) is 5.75 Å². The number of benzene rings is 1. The first-order valence-electron chi connectivity index (χ1n) is 7.38. The molecule has 1 fully saturated rings. The van der Waals surface area contributed by atoms with Gasteiger partial charge < -0.3 is 15.0 Å². The van der Waals surface area contributed by atoms with Gasteiger partial charge in [-0.3, -0.25) is 0 Å². The summed E-state index contributed by atoms with van der Waals surface area (Å²) in [6.45, 7) is 9.30. The lowest BCUT2D eigenvalue weighted by molar-refractivity contribution is 0.216. The van der Waals surface area contributed by atoms with Gasteiger partial charge in [-0.05, 0) is 49.5 Å². The molecule has 1 aliphatic rings. The van der Waals surface area contributed by atoms with E-state index in [1.54, 1.807) is 0 Å². The number of likely N-dealkylation sites (tertiary alicyclic amines) is 1. The van der Waals surface area contributed by atoms with E-state index in [1.807, 2.05) is 31.2 Å². The van der Waals surface area contributed by atoms with Crippen molar-refractivity contribution in [3.63, 3.8) is 0 Å². The minimum absolute atomic E-state index is 0.656. The fourth-order valence-electron chi connectivity index (χ4n) is 2.87. The summed E-state index contributed by atoms with van der Waals surface area (Å²) in [4.78, 5) is 2.27. The van der Waals surface area contributed by atoms with Crippen LogP contribution in [0.5, 0.6) is 5.75 Å². The van der Waals surface area contributed by atoms with Gasteiger partial charge in [-0.2, -0.15) is 0 Å². The van der Waals surface area contributed by atoms with E-state index in [9.17, 15) is 0 Å². The standard InChI is InChI=1S/C16H24N2OS/c1-4-19-15-8-6-5-7-14(15)17-16(20)18-10-12(2)9-13(3)11-18/h5-8,12-13H,4,9-11H2,1-3H3,(H,17,20)/t12-,13-/m1/s1. The maximum atomic E-state index is 5.63. The van der Waals surface area contributed by atoms with Crippen molar-refractivity contribution in [2.24, 2.45) is 11.8 Å². The highest BCUT2D eigenvalue weighted by Gasteiger charge is 2.23. The molecular weight excluding hydrogens is 268 g/mol. The van der Waals surface area contributed by atoms with Crippen molar-refractivity contribution in [2.45, 2.75) is 27.2 Å². The number of anilines is 1. The van der Waals surface area contributed by atoms with Crippen molar-refractivity contribution in [1.29, 1.82) is 0 Å². The van der Waals surface area contributed by atoms with E-state index in [-0.39, 0.29) is 0 Å². The molecule has 0 aromatic heterocycles. The number of ether oxygens (including phenoxy) is 1. The Morgan fingerprint density at radius 3 is 2.60 bits per heavy atom. The zero-order valence-electron chi connectivity index (χ0n) is 12.6. The van der Waals surface area contributed by atoms with Gasteiger partial charge in [0.05, 0.1) is 12.3 Å². The van der Waals surface area contributed by atoms with Crippen LogP contribution >= 0.6 is 12.2 Å². The van der Waals surface area contributed by atoms with Gasteiger partial charge in [0.25, 0.3) is 0 Å². The minimum atomic E-state index is 0.656. The van der Waals surface area contributed by atoms with Gasteiger partial charge in [0.2, 0.25) is 0 Å². The second-order valence-electron chi connectivity index (χ2n) is 5.71. The van der Waals surface area contributed by atoms with Crippen LogP contribution in [0.3, 0.4) is 0 Å². The number of nitrogens with zero attached hydrogens (tertiary/aromatic N) is 1. The average molecular weight is 292 g/mol. The molecular formula is C16H24N2OS. The molecule has 1 heterocycles. The second-order valence-corrected chi connectivity index (χ2v) is 6.10. The van der Waals surface area contributed by atoms with Crippen LogP contribution in [0.15, 0.2) is 24.3 Å². The second kappa shape index (κ2) is 6.93. The summed E-state index contributed by atoms with van der Waals surface area (Å²) >= 11 is 5.56. The molecule has 110 valence electrons. The molecule has 1 aromatic rings. The number of rotatable bonds is 3. The third-order valence-corrected chi connectivity index (χ3v) is 3.94. The van der Waals surface area contributed by atoms with Crippen LogP contribution < -0.4 is 10.1 Å². The molecule has 2 atom stereocenters. The Balaban J connectivity index is 2.04. The molecule has 20 heavy (non-hydrogen) atoms. The summed E-state index contributed by atoms with van der Waals surface area (Å²) in [6, 6.07) is 7.95. The monoisotopic (exact) mass is 292 g/mol. The van der Waals surface area contributed by atoms with Crippen LogP contribution in [0.25, 0.3) is 0 Å². The third-order valence-electron chi connectivity index (χ3n) is 3.58. The third kappa shape index (κ3) is 3.85. The normalized spacial score (nSPS) is 22.4. The van der Waals surface area contributed by atoms with Crippen LogP contribution in [-0.2, 0) is 0 Å². The minimum Gasteiger partial charge on any atom is -0.492 e. The van der Waals surface area contributed by atoms with Gasteiger partial charge in [0.15, 0.2) is 5.11 Å². The van der Waals surface area contributed by atoms with E-state index >= 15 is 0 Å². The largest absolute Gasteiger partial charge is 0.492 e. The summed E-state index contributed by atoms with van der Waals surface area (Å²) in [6.07, 6.45) is 1.29. The molecule has 0 saturated carbocycles. The lowest BCUT2D eigenvalue weighted by Gasteiger charge is -2.36. The summed E-state index contributed by atoms with van der Waals surface area (Å²) in [5.41, 5.74) is 0.949. The lowest BCUT2D eigenvalue weighted by atomic mass is 9.92. The zero-order valence-corrected chi connectivity index (χ0v) is 13.4. The van der Waals surface area contributed by atoms with E-state index < -0.39 is 0 Å². The molecule has 0 spiro atoms. The van der Waals surface area contributed by atoms with Crippen molar-refractivity contribution in [1.82, 2.24) is 4.90 Å². The number of nitrogens with one attached hydrogen (secondary N) is 1. The molecule has 1 N–H and O–H groups in total. The highest BCUT2D eigenvalue weighted by atomic mass is 32.1. The predicted octanol–water partition coefficient (Wildman–Crippen LogP) is 3.76. The van der Waals surface area contributed by atoms with Crippen LogP contribution in [0.2, 0.25) is 0 Å². The molecule has 2 rings (SSSR count). The molecule has 1 aromatic carbocycles. The molecule has 4 heteroatoms. The Hall–Kier alpha value is -1.29. The average Bonchev–Trinajstić information content (AvgIpc) is 2.40. The molecule has 1 aliphatic heterocycles. The highest BCUT2D eigenvalue weighted by molar-refractivity contribution is 7.80. The van der Waals surface area contributed by atoms with Crippen LogP contribution in [0.4, 0.5) is 5.69 Å². The zero-order chi connectivity index (χ0) is 14.5. The first-order valence-corrected chi connectivity index (χ1v) is 7.78. The lowest BCUT2D eigenvalue weighted by Crippen LogP contribution is -2.44. The number of hydrogen-bond donors (Lipinski definition) is 1. The maximum absolute atomic E-state index is 5.63. The van der Waals surface area contributed by atoms with Crippen molar-refractivity contribution >= 4 is 23.0 Å². The molecule has 3 nitrogen and oxygen atoms in total. The molecule has 0 unspecified atom stereocenters. The first kappa shape index (κ1) is 15.1. The molecule has 1 saturated heterocycles. The number of thiocarbonyl (C=S) groups is 1. The SMILES string of the molecule is CCOc1ccccc1NC(=S)N1C[C@H](C)C[C@@H](C)C1. The van der Waals surface area contributed by atoms with Crippen LogP contribution in [0, 0.1) is 11.8 Å². The Morgan fingerprint density at radius 2 is 1.95 bits per heavy atom. The molecule has 0 radical (unpaired) electrons. The van der Waals surface area contributed by atoms with Gasteiger partial charge in [0, 0.05) is 13.1 Å². The van der Waals surface area contributed by atoms with Gasteiger partial charge >= 0.3 is 0 Å². The van der Waals surface area contributed by atoms with Gasteiger partial charge in [-0.1, -0.05) is 26.0 Å². The van der Waals surface area contributed by atoms with E-state index in [2.05, 4.69) is 24.1 Å². The Labute approximate surface area is 127 Å². The Morgan fingerprint density at radius 1 is 1.30 bits per heavy atom. The predicted molar refractivity (Wildman–Crippen MR) is 88.3 cm³/mol. The topological polar surface area (TPSA) is 24.5 Å². The maximum Gasteiger partial charge on any atom is 0.173 e. The van der Waals surface area contributed by atoms with Crippen LogP contribution in [0.1, 0.15) is 27.2 Å². The molecule has 0 bridgehead atoms. The number of piperidine rings is 1. The summed E-state index contributed by atoms with van der Waals surface area (Å²) < 4.78 is 5.63. The van der Waals surface area contributed by atoms with Crippen molar-refractivity contribution < 1.29 is 4.74 Å². The smallest absolute Gasteiger partial charge is 0.173 e. The van der Waals surface area contributed by atoms with E-state index in [4.69, 9.17) is 17.0 Å². The highest BCUT2D eigenvalue weighted by Crippen LogP contribution is 2.26.